The summed E-state index contributed by atoms with van der Waals surface area (Å²) in [4.78, 5) is 0. The van der Waals surface area contributed by atoms with E-state index in [0.29, 0.717) is 13.1 Å². The number of allylic oxidation sites excluding steroid dienone is 1. The van der Waals surface area contributed by atoms with Crippen LogP contribution in [-0.4, -0.2) is 9.52 Å². The second-order valence-electron chi connectivity index (χ2n) is 6.40. The molecule has 133 valence electrons. The largest absolute Gasteiger partial charge is 1.00 e. The van der Waals surface area contributed by atoms with Crippen LogP contribution in [0.3, 0.4) is 0 Å². The van der Waals surface area contributed by atoms with Crippen molar-refractivity contribution < 1.29 is 49.5 Å². The van der Waals surface area contributed by atoms with Crippen LogP contribution >= 0.6 is 0 Å². The zero-order valence-corrected chi connectivity index (χ0v) is 20.8. The molecule has 0 radical (unpaired) electrons. The molecule has 0 heterocycles. The van der Waals surface area contributed by atoms with Crippen LogP contribution in [-0.2, 0) is 24.7 Å². The van der Waals surface area contributed by atoms with Crippen LogP contribution in [0.5, 0.6) is 0 Å². The zero-order chi connectivity index (χ0) is 17.1. The van der Waals surface area contributed by atoms with E-state index >= 15 is 0 Å². The fourth-order valence-corrected chi connectivity index (χ4v) is 3.98. The van der Waals surface area contributed by atoms with Crippen molar-refractivity contribution in [2.45, 2.75) is 23.6 Å². The summed E-state index contributed by atoms with van der Waals surface area (Å²) in [6, 6.07) is 22.1. The second-order valence-corrected chi connectivity index (χ2v) is 9.23. The minimum Gasteiger partial charge on any atom is -1.00 e. The zero-order valence-electron chi connectivity index (χ0n) is 15.4. The van der Waals surface area contributed by atoms with Crippen molar-refractivity contribution in [3.8, 4) is 11.1 Å². The summed E-state index contributed by atoms with van der Waals surface area (Å²) in [5.41, 5.74) is 7.10. The molecule has 0 bridgehead atoms. The molecule has 0 saturated carbocycles. The van der Waals surface area contributed by atoms with Gasteiger partial charge in [0.2, 0.25) is 0 Å². The van der Waals surface area contributed by atoms with E-state index in [1.54, 1.807) is 24.7 Å². The first kappa shape index (κ1) is 23.4. The maximum Gasteiger partial charge on any atom is 0.0135 e. The molecule has 0 amide bonds. The summed E-state index contributed by atoms with van der Waals surface area (Å²) in [5, 5.41) is 2.61. The van der Waals surface area contributed by atoms with Crippen LogP contribution in [0.1, 0.15) is 21.7 Å². The van der Waals surface area contributed by atoms with Gasteiger partial charge in [-0.2, -0.15) is 0 Å². The van der Waals surface area contributed by atoms with Crippen molar-refractivity contribution >= 4 is 26.4 Å². The molecular formula is C22H23Cl2SiZr. The number of rotatable bonds is 1. The minimum atomic E-state index is 0. The summed E-state index contributed by atoms with van der Waals surface area (Å²) in [6.45, 7) is 6.78. The minimum absolute atomic E-state index is 0. The Kier molecular flexibility index (Phi) is 9.55. The van der Waals surface area contributed by atoms with Gasteiger partial charge in [-0.25, -0.2) is 0 Å². The predicted molar refractivity (Wildman–Crippen MR) is 106 cm³/mol. The molecule has 4 heteroatoms. The van der Waals surface area contributed by atoms with Crippen molar-refractivity contribution in [2.24, 2.45) is 0 Å². The van der Waals surface area contributed by atoms with E-state index in [0.717, 1.165) is 0 Å². The molecule has 26 heavy (non-hydrogen) atoms. The third kappa shape index (κ3) is 4.78. The standard InChI is InChI=1S/C20H15.C2H8Si.2ClH.Zr/c1-14-11-17-7-4-8-19(20(17)12-14)18-10-9-15-5-2-3-6-16(15)13-18;1-3-2;;;/h2-13H,1H3;3H2,1-2H3;2*1H;/q;;;;+2/p-2. The van der Waals surface area contributed by atoms with E-state index in [9.17, 15) is 0 Å². The average Bonchev–Trinajstić information content (AvgIpc) is 2.90. The third-order valence-electron chi connectivity index (χ3n) is 4.34. The Labute approximate surface area is 187 Å². The number of hydrogen-bond acceptors (Lipinski definition) is 0. The van der Waals surface area contributed by atoms with Crippen molar-refractivity contribution in [3.05, 3.63) is 77.4 Å². The molecule has 0 N–H and O–H groups in total. The Bertz CT molecular complexity index is 906. The van der Waals surface area contributed by atoms with Crippen molar-refractivity contribution in [1.29, 1.82) is 0 Å². The van der Waals surface area contributed by atoms with Gasteiger partial charge in [0.1, 0.15) is 0 Å². The van der Waals surface area contributed by atoms with Crippen LogP contribution in [0.4, 0.5) is 0 Å². The topological polar surface area (TPSA) is 0 Å². The Hall–Kier alpha value is -0.660. The second kappa shape index (κ2) is 10.6. The molecule has 3 aromatic rings. The van der Waals surface area contributed by atoms with Gasteiger partial charge in [0.05, 0.1) is 0 Å². The third-order valence-corrected chi connectivity index (χ3v) is 6.22. The van der Waals surface area contributed by atoms with Crippen LogP contribution in [0.2, 0.25) is 13.1 Å². The van der Waals surface area contributed by atoms with Gasteiger partial charge in [-0.1, -0.05) is 13.1 Å². The maximum absolute atomic E-state index is 2.37. The van der Waals surface area contributed by atoms with Gasteiger partial charge in [-0.3, -0.25) is 0 Å². The van der Waals surface area contributed by atoms with Gasteiger partial charge >= 0.3 is 141 Å². The average molecular weight is 478 g/mol. The molecule has 0 spiro atoms. The predicted octanol–water partition coefficient (Wildman–Crippen LogP) is -0.229. The number of hydrogen-bond donors (Lipinski definition) is 0. The summed E-state index contributed by atoms with van der Waals surface area (Å²) in [5.74, 6) is 0. The van der Waals surface area contributed by atoms with Gasteiger partial charge in [-0.15, -0.1) is 0 Å². The van der Waals surface area contributed by atoms with E-state index in [1.165, 1.54) is 38.6 Å². The van der Waals surface area contributed by atoms with Gasteiger partial charge in [0.25, 0.3) is 0 Å². The quantitative estimate of drug-likeness (QED) is 0.425. The summed E-state index contributed by atoms with van der Waals surface area (Å²) < 4.78 is 0.632. The van der Waals surface area contributed by atoms with Gasteiger partial charge in [0.15, 0.2) is 0 Å². The molecule has 1 unspecified atom stereocenters. The molecule has 1 atom stereocenters. The van der Waals surface area contributed by atoms with E-state index in [-0.39, 0.29) is 24.8 Å². The Balaban J connectivity index is 0.000000635. The van der Waals surface area contributed by atoms with E-state index in [4.69, 9.17) is 0 Å². The maximum atomic E-state index is 2.37. The van der Waals surface area contributed by atoms with E-state index < -0.39 is 0 Å². The molecule has 0 aromatic heterocycles. The summed E-state index contributed by atoms with van der Waals surface area (Å²) >= 11 is 1.58. The van der Waals surface area contributed by atoms with Gasteiger partial charge in [0, 0.05) is 9.52 Å². The van der Waals surface area contributed by atoms with Gasteiger partial charge < -0.3 is 24.8 Å². The van der Waals surface area contributed by atoms with Crippen LogP contribution in [0.25, 0.3) is 28.0 Å². The Morgan fingerprint density at radius 3 is 2.19 bits per heavy atom. The van der Waals surface area contributed by atoms with Crippen LogP contribution < -0.4 is 24.8 Å². The molecule has 0 fully saturated rings. The molecule has 3 aromatic carbocycles. The van der Waals surface area contributed by atoms with E-state index in [1.807, 2.05) is 0 Å². The number of fused-ring (bicyclic) bond motifs is 2. The molecular weight excluding hydrogens is 454 g/mol. The van der Waals surface area contributed by atoms with Crippen molar-refractivity contribution in [1.82, 2.24) is 0 Å². The molecule has 1 aliphatic carbocycles. The van der Waals surface area contributed by atoms with Crippen molar-refractivity contribution in [2.75, 3.05) is 0 Å². The molecule has 1 aliphatic rings. The number of halogens is 2. The smallest absolute Gasteiger partial charge is 0.0135 e. The first-order valence-corrected chi connectivity index (χ1v) is 12.9. The first-order valence-electron chi connectivity index (χ1n) is 8.67. The number of benzene rings is 3. The molecule has 0 nitrogen and oxygen atoms in total. The van der Waals surface area contributed by atoms with Crippen LogP contribution in [0.15, 0.2) is 66.2 Å². The Morgan fingerprint density at radius 1 is 0.846 bits per heavy atom. The molecule has 0 aliphatic heterocycles. The molecule has 0 saturated heterocycles. The van der Waals surface area contributed by atoms with Crippen LogP contribution in [0, 0.1) is 0 Å². The SMILES string of the molecule is CC1=Cc2c(-c3ccc4ccccc4c3)cccc2[CH]1[Zr+2].C[SiH2]C.[Cl-].[Cl-]. The van der Waals surface area contributed by atoms with E-state index in [2.05, 4.69) is 86.8 Å². The first-order chi connectivity index (χ1) is 11.7. The summed E-state index contributed by atoms with van der Waals surface area (Å²) in [6.07, 6.45) is 2.37. The fourth-order valence-electron chi connectivity index (χ4n) is 3.16. The fraction of sp³-hybridized carbons (Fsp3) is 0.182. The molecule has 4 rings (SSSR count). The van der Waals surface area contributed by atoms with Gasteiger partial charge in [-0.05, 0) is 0 Å². The van der Waals surface area contributed by atoms with Crippen molar-refractivity contribution in [3.63, 3.8) is 0 Å². The Morgan fingerprint density at radius 2 is 1.50 bits per heavy atom. The summed E-state index contributed by atoms with van der Waals surface area (Å²) in [7, 11) is 0.417. The normalized spacial score (nSPS) is 14.3. The monoisotopic (exact) mass is 475 g/mol.